The van der Waals surface area contributed by atoms with Crippen LogP contribution in [0.5, 0.6) is 0 Å². The topological polar surface area (TPSA) is 58.2 Å². The number of nitrogens with one attached hydrogen (secondary N) is 2. The number of hydrogen-bond donors (Lipinski definition) is 2. The van der Waals surface area contributed by atoms with Gasteiger partial charge in [0.2, 0.25) is 11.8 Å². The molecule has 1 aliphatic carbocycles. The molecular formula is C11H20N2O2. The Morgan fingerprint density at radius 1 is 1.20 bits per heavy atom. The fourth-order valence-electron chi connectivity index (χ4n) is 1.94. The van der Waals surface area contributed by atoms with Gasteiger partial charge in [0.25, 0.3) is 0 Å². The largest absolute Gasteiger partial charge is 0.352 e. The van der Waals surface area contributed by atoms with Crippen LogP contribution in [0.25, 0.3) is 0 Å². The summed E-state index contributed by atoms with van der Waals surface area (Å²) in [6, 6.07) is -0.119. The van der Waals surface area contributed by atoms with E-state index in [9.17, 15) is 9.59 Å². The standard InChI is InChI=1S/C11H20N2O2/c1-8(12-9(2)14)11(15)13-10-6-4-3-5-7-10/h8,10H,3-7H2,1-2H3,(H,12,14)(H,13,15). The summed E-state index contributed by atoms with van der Waals surface area (Å²) >= 11 is 0. The van der Waals surface area contributed by atoms with Gasteiger partial charge in [-0.2, -0.15) is 0 Å². The third kappa shape index (κ3) is 4.32. The van der Waals surface area contributed by atoms with E-state index in [1.165, 1.54) is 26.2 Å². The van der Waals surface area contributed by atoms with Crippen molar-refractivity contribution in [2.24, 2.45) is 0 Å². The molecule has 4 heteroatoms. The normalized spacial score (nSPS) is 19.3. The molecular weight excluding hydrogens is 192 g/mol. The molecule has 2 N–H and O–H groups in total. The molecule has 0 spiro atoms. The number of rotatable bonds is 3. The van der Waals surface area contributed by atoms with Gasteiger partial charge in [0.1, 0.15) is 6.04 Å². The zero-order chi connectivity index (χ0) is 11.3. The number of carbonyl (C=O) groups is 2. The lowest BCUT2D eigenvalue weighted by Gasteiger charge is -2.24. The Kier molecular flexibility index (Phi) is 4.59. The van der Waals surface area contributed by atoms with Gasteiger partial charge in [-0.25, -0.2) is 0 Å². The summed E-state index contributed by atoms with van der Waals surface area (Å²) in [7, 11) is 0. The van der Waals surface area contributed by atoms with Gasteiger partial charge in [0.05, 0.1) is 0 Å². The van der Waals surface area contributed by atoms with Crippen LogP contribution in [-0.2, 0) is 9.59 Å². The smallest absolute Gasteiger partial charge is 0.242 e. The molecule has 86 valence electrons. The van der Waals surface area contributed by atoms with Crippen LogP contribution >= 0.6 is 0 Å². The van der Waals surface area contributed by atoms with E-state index in [0.717, 1.165) is 12.8 Å². The molecule has 0 radical (unpaired) electrons. The number of carbonyl (C=O) groups excluding carboxylic acids is 2. The molecule has 1 rings (SSSR count). The Balaban J connectivity index is 2.30. The van der Waals surface area contributed by atoms with Crippen LogP contribution in [0.4, 0.5) is 0 Å². The van der Waals surface area contributed by atoms with Crippen LogP contribution < -0.4 is 10.6 Å². The SMILES string of the molecule is CC(=O)NC(C)C(=O)NC1CCCCC1. The van der Waals surface area contributed by atoms with Crippen LogP contribution in [0.3, 0.4) is 0 Å². The Labute approximate surface area is 90.8 Å². The van der Waals surface area contributed by atoms with Gasteiger partial charge in [-0.3, -0.25) is 9.59 Å². The molecule has 1 aliphatic rings. The van der Waals surface area contributed by atoms with Gasteiger partial charge in [0.15, 0.2) is 0 Å². The van der Waals surface area contributed by atoms with Crippen LogP contribution in [0, 0.1) is 0 Å². The van der Waals surface area contributed by atoms with Crippen LogP contribution in [0.2, 0.25) is 0 Å². The first-order chi connectivity index (χ1) is 7.09. The van der Waals surface area contributed by atoms with E-state index in [-0.39, 0.29) is 11.8 Å². The number of amides is 2. The van der Waals surface area contributed by atoms with Gasteiger partial charge in [-0.1, -0.05) is 19.3 Å². The molecule has 0 bridgehead atoms. The summed E-state index contributed by atoms with van der Waals surface area (Å²) in [6.45, 7) is 3.13. The highest BCUT2D eigenvalue weighted by Crippen LogP contribution is 2.17. The quantitative estimate of drug-likeness (QED) is 0.732. The first kappa shape index (κ1) is 12.0. The van der Waals surface area contributed by atoms with Crippen molar-refractivity contribution in [1.82, 2.24) is 10.6 Å². The van der Waals surface area contributed by atoms with E-state index in [4.69, 9.17) is 0 Å². The molecule has 0 aromatic rings. The van der Waals surface area contributed by atoms with E-state index < -0.39 is 6.04 Å². The van der Waals surface area contributed by atoms with E-state index in [0.29, 0.717) is 6.04 Å². The Bertz CT molecular complexity index is 235. The van der Waals surface area contributed by atoms with Crippen molar-refractivity contribution >= 4 is 11.8 Å². The third-order valence-electron chi connectivity index (χ3n) is 2.76. The molecule has 2 amide bonds. The average Bonchev–Trinajstić information content (AvgIpc) is 2.18. The van der Waals surface area contributed by atoms with Crippen molar-refractivity contribution in [3.8, 4) is 0 Å². The molecule has 0 heterocycles. The molecule has 0 saturated heterocycles. The predicted molar refractivity (Wildman–Crippen MR) is 58.3 cm³/mol. The first-order valence-electron chi connectivity index (χ1n) is 5.67. The van der Waals surface area contributed by atoms with Crippen molar-refractivity contribution in [1.29, 1.82) is 0 Å². The molecule has 15 heavy (non-hydrogen) atoms. The highest BCUT2D eigenvalue weighted by atomic mass is 16.2. The fourth-order valence-corrected chi connectivity index (χ4v) is 1.94. The van der Waals surface area contributed by atoms with Crippen LogP contribution in [0.15, 0.2) is 0 Å². The number of hydrogen-bond acceptors (Lipinski definition) is 2. The zero-order valence-electron chi connectivity index (χ0n) is 9.51. The summed E-state index contributed by atoms with van der Waals surface area (Å²) in [5.41, 5.74) is 0. The molecule has 1 saturated carbocycles. The second-order valence-electron chi connectivity index (χ2n) is 4.27. The van der Waals surface area contributed by atoms with Crippen molar-refractivity contribution in [2.75, 3.05) is 0 Å². The molecule has 0 aromatic heterocycles. The highest BCUT2D eigenvalue weighted by molar-refractivity contribution is 5.86. The van der Waals surface area contributed by atoms with Gasteiger partial charge in [-0.15, -0.1) is 0 Å². The van der Waals surface area contributed by atoms with E-state index in [1.54, 1.807) is 6.92 Å². The second kappa shape index (κ2) is 5.73. The average molecular weight is 212 g/mol. The van der Waals surface area contributed by atoms with Gasteiger partial charge >= 0.3 is 0 Å². The van der Waals surface area contributed by atoms with E-state index in [2.05, 4.69) is 10.6 Å². The minimum atomic E-state index is -0.426. The summed E-state index contributed by atoms with van der Waals surface area (Å²) in [5.74, 6) is -0.238. The van der Waals surface area contributed by atoms with E-state index >= 15 is 0 Å². The highest BCUT2D eigenvalue weighted by Gasteiger charge is 2.19. The maximum Gasteiger partial charge on any atom is 0.242 e. The van der Waals surface area contributed by atoms with Crippen molar-refractivity contribution in [2.45, 2.75) is 58.0 Å². The fraction of sp³-hybridized carbons (Fsp3) is 0.818. The van der Waals surface area contributed by atoms with Gasteiger partial charge in [0, 0.05) is 13.0 Å². The lowest BCUT2D eigenvalue weighted by Crippen LogP contribution is -2.48. The molecule has 1 fully saturated rings. The second-order valence-corrected chi connectivity index (χ2v) is 4.27. The van der Waals surface area contributed by atoms with Gasteiger partial charge < -0.3 is 10.6 Å². The molecule has 1 atom stereocenters. The molecule has 0 aliphatic heterocycles. The van der Waals surface area contributed by atoms with E-state index in [1.807, 2.05) is 0 Å². The zero-order valence-corrected chi connectivity index (χ0v) is 9.51. The summed E-state index contributed by atoms with van der Waals surface area (Å²) in [6.07, 6.45) is 5.80. The lowest BCUT2D eigenvalue weighted by atomic mass is 9.95. The van der Waals surface area contributed by atoms with Crippen molar-refractivity contribution in [3.63, 3.8) is 0 Å². The lowest BCUT2D eigenvalue weighted by molar-refractivity contribution is -0.128. The Hall–Kier alpha value is -1.06. The maximum atomic E-state index is 11.6. The summed E-state index contributed by atoms with van der Waals surface area (Å²) < 4.78 is 0. The van der Waals surface area contributed by atoms with Gasteiger partial charge in [-0.05, 0) is 19.8 Å². The monoisotopic (exact) mass is 212 g/mol. The Morgan fingerprint density at radius 2 is 1.80 bits per heavy atom. The molecule has 1 unspecified atom stereocenters. The third-order valence-corrected chi connectivity index (χ3v) is 2.76. The minimum Gasteiger partial charge on any atom is -0.352 e. The minimum absolute atomic E-state index is 0.0721. The Morgan fingerprint density at radius 3 is 2.33 bits per heavy atom. The predicted octanol–water partition coefficient (Wildman–Crippen LogP) is 0.960. The summed E-state index contributed by atoms with van der Waals surface area (Å²) in [4.78, 5) is 22.4. The van der Waals surface area contributed by atoms with Crippen LogP contribution in [0.1, 0.15) is 46.0 Å². The van der Waals surface area contributed by atoms with Crippen molar-refractivity contribution in [3.05, 3.63) is 0 Å². The summed E-state index contributed by atoms with van der Waals surface area (Å²) in [5, 5.41) is 5.55. The maximum absolute atomic E-state index is 11.6. The molecule has 4 nitrogen and oxygen atoms in total. The molecule has 0 aromatic carbocycles. The first-order valence-corrected chi connectivity index (χ1v) is 5.67. The van der Waals surface area contributed by atoms with Crippen molar-refractivity contribution < 1.29 is 9.59 Å². The van der Waals surface area contributed by atoms with Crippen LogP contribution in [-0.4, -0.2) is 23.9 Å².